The van der Waals surface area contributed by atoms with E-state index in [9.17, 15) is 9.18 Å². The van der Waals surface area contributed by atoms with Crippen molar-refractivity contribution in [3.05, 3.63) is 53.3 Å². The van der Waals surface area contributed by atoms with Gasteiger partial charge in [0, 0.05) is 6.07 Å². The van der Waals surface area contributed by atoms with Gasteiger partial charge in [0.25, 0.3) is 0 Å². The van der Waals surface area contributed by atoms with Gasteiger partial charge in [-0.1, -0.05) is 0 Å². The lowest BCUT2D eigenvalue weighted by molar-refractivity contribution is 0.0696. The number of nitrogens with one attached hydrogen (secondary N) is 1. The first kappa shape index (κ1) is 14.3. The molecular weight excluding hydrogens is 275 g/mol. The number of halogens is 1. The zero-order valence-corrected chi connectivity index (χ0v) is 11.1. The Balaban J connectivity index is 2.38. The molecule has 21 heavy (non-hydrogen) atoms. The summed E-state index contributed by atoms with van der Waals surface area (Å²) >= 11 is 0. The molecule has 0 radical (unpaired) electrons. The van der Waals surface area contributed by atoms with E-state index in [-0.39, 0.29) is 11.3 Å². The number of aromatic carboxylic acids is 1. The van der Waals surface area contributed by atoms with Crippen LogP contribution >= 0.6 is 0 Å². The van der Waals surface area contributed by atoms with Crippen molar-refractivity contribution in [2.24, 2.45) is 0 Å². The van der Waals surface area contributed by atoms with Gasteiger partial charge in [0.05, 0.1) is 29.6 Å². The Bertz CT molecular complexity index is 738. The number of hydrogen-bond donors (Lipinski definition) is 2. The highest BCUT2D eigenvalue weighted by Crippen LogP contribution is 2.27. The average molecular weight is 286 g/mol. The van der Waals surface area contributed by atoms with Gasteiger partial charge in [-0.15, -0.1) is 0 Å². The molecule has 106 valence electrons. The Morgan fingerprint density at radius 2 is 2.05 bits per heavy atom. The minimum atomic E-state index is -1.21. The van der Waals surface area contributed by atoms with Crippen LogP contribution in [-0.4, -0.2) is 18.2 Å². The maximum atomic E-state index is 13.9. The number of carboxylic acids is 1. The summed E-state index contributed by atoms with van der Waals surface area (Å²) in [6.45, 7) is 0. The lowest BCUT2D eigenvalue weighted by Crippen LogP contribution is -2.01. The summed E-state index contributed by atoms with van der Waals surface area (Å²) in [6, 6.07) is 10.2. The normalized spacial score (nSPS) is 9.76. The van der Waals surface area contributed by atoms with Gasteiger partial charge < -0.3 is 15.2 Å². The number of nitrogens with zero attached hydrogens (tertiary/aromatic N) is 1. The minimum absolute atomic E-state index is 0.0738. The molecular formula is C15H11FN2O3. The second kappa shape index (κ2) is 5.92. The van der Waals surface area contributed by atoms with Crippen molar-refractivity contribution in [2.45, 2.75) is 0 Å². The molecule has 6 heteroatoms. The predicted octanol–water partition coefficient (Wildman–Crippen LogP) is 3.15. The summed E-state index contributed by atoms with van der Waals surface area (Å²) in [7, 11) is 1.48. The Morgan fingerprint density at radius 1 is 1.29 bits per heavy atom. The molecule has 2 aromatic carbocycles. The summed E-state index contributed by atoms with van der Waals surface area (Å²) in [5, 5.41) is 20.6. The van der Waals surface area contributed by atoms with E-state index in [1.54, 1.807) is 18.2 Å². The van der Waals surface area contributed by atoms with Crippen molar-refractivity contribution in [3.8, 4) is 11.8 Å². The van der Waals surface area contributed by atoms with Gasteiger partial charge in [-0.25, -0.2) is 9.18 Å². The Labute approximate surface area is 120 Å². The first-order chi connectivity index (χ1) is 10.0. The van der Waals surface area contributed by atoms with Crippen molar-refractivity contribution < 1.29 is 19.0 Å². The average Bonchev–Trinajstić information content (AvgIpc) is 2.49. The fraction of sp³-hybridized carbons (Fsp3) is 0.0667. The molecule has 0 bridgehead atoms. The second-order valence-electron chi connectivity index (χ2n) is 4.15. The lowest BCUT2D eigenvalue weighted by Gasteiger charge is -2.11. The number of methoxy groups -OCH3 is 1. The lowest BCUT2D eigenvalue weighted by atomic mass is 10.1. The second-order valence-corrected chi connectivity index (χ2v) is 4.15. The zero-order chi connectivity index (χ0) is 15.4. The molecule has 0 aromatic heterocycles. The van der Waals surface area contributed by atoms with Gasteiger partial charge in [0.15, 0.2) is 0 Å². The standard InChI is InChI=1S/C15H11FN2O3/c1-21-11-4-2-10(8-17)14(7-11)18-13-5-3-9(15(19)20)6-12(13)16/h2-7,18H,1H3,(H,19,20). The molecule has 0 amide bonds. The summed E-state index contributed by atoms with van der Waals surface area (Å²) in [5.74, 6) is -1.42. The third-order valence-electron chi connectivity index (χ3n) is 2.83. The highest BCUT2D eigenvalue weighted by atomic mass is 19.1. The maximum Gasteiger partial charge on any atom is 0.335 e. The summed E-state index contributed by atoms with van der Waals surface area (Å²) in [5.41, 5.74) is 0.616. The minimum Gasteiger partial charge on any atom is -0.497 e. The number of nitriles is 1. The summed E-state index contributed by atoms with van der Waals surface area (Å²) in [4.78, 5) is 10.8. The van der Waals surface area contributed by atoms with E-state index in [1.807, 2.05) is 6.07 Å². The van der Waals surface area contributed by atoms with Gasteiger partial charge in [-0.3, -0.25) is 0 Å². The highest BCUT2D eigenvalue weighted by Gasteiger charge is 2.11. The molecule has 0 aliphatic heterocycles. The SMILES string of the molecule is COc1ccc(C#N)c(Nc2ccc(C(=O)O)cc2F)c1. The molecule has 0 atom stereocenters. The highest BCUT2D eigenvalue weighted by molar-refractivity contribution is 5.88. The van der Waals surface area contributed by atoms with Gasteiger partial charge in [0.2, 0.25) is 0 Å². The topological polar surface area (TPSA) is 82.3 Å². The summed E-state index contributed by atoms with van der Waals surface area (Å²) < 4.78 is 18.9. The van der Waals surface area contributed by atoms with Crippen molar-refractivity contribution in [3.63, 3.8) is 0 Å². The number of carbonyl (C=O) groups is 1. The van der Waals surface area contributed by atoms with Crippen LogP contribution in [0.3, 0.4) is 0 Å². The molecule has 0 unspecified atom stereocenters. The first-order valence-electron chi connectivity index (χ1n) is 5.93. The van der Waals surface area contributed by atoms with Crippen molar-refractivity contribution in [1.29, 1.82) is 5.26 Å². The zero-order valence-electron chi connectivity index (χ0n) is 11.1. The van der Waals surface area contributed by atoms with Crippen LogP contribution in [0.5, 0.6) is 5.75 Å². The first-order valence-corrected chi connectivity index (χ1v) is 5.93. The van der Waals surface area contributed by atoms with Crippen LogP contribution in [0, 0.1) is 17.1 Å². The van der Waals surface area contributed by atoms with Crippen LogP contribution < -0.4 is 10.1 Å². The van der Waals surface area contributed by atoms with E-state index in [0.717, 1.165) is 6.07 Å². The third-order valence-corrected chi connectivity index (χ3v) is 2.83. The molecule has 5 nitrogen and oxygen atoms in total. The van der Waals surface area contributed by atoms with Gasteiger partial charge in [-0.2, -0.15) is 5.26 Å². The van der Waals surface area contributed by atoms with Crippen LogP contribution in [0.1, 0.15) is 15.9 Å². The fourth-order valence-electron chi connectivity index (χ4n) is 1.75. The van der Waals surface area contributed by atoms with Crippen molar-refractivity contribution >= 4 is 17.3 Å². The predicted molar refractivity (Wildman–Crippen MR) is 74.4 cm³/mol. The number of ether oxygens (including phenoxy) is 1. The van der Waals surface area contributed by atoms with E-state index >= 15 is 0 Å². The molecule has 0 aliphatic rings. The van der Waals surface area contributed by atoms with Crippen LogP contribution in [0.15, 0.2) is 36.4 Å². The van der Waals surface area contributed by atoms with E-state index in [4.69, 9.17) is 15.1 Å². The summed E-state index contributed by atoms with van der Waals surface area (Å²) in [6.07, 6.45) is 0. The quantitative estimate of drug-likeness (QED) is 0.902. The van der Waals surface area contributed by atoms with Crippen LogP contribution in [-0.2, 0) is 0 Å². The molecule has 0 fully saturated rings. The van der Waals surface area contributed by atoms with Crippen LogP contribution in [0.4, 0.5) is 15.8 Å². The number of hydrogen-bond acceptors (Lipinski definition) is 4. The van der Waals surface area contributed by atoms with E-state index in [1.165, 1.54) is 19.2 Å². The Hall–Kier alpha value is -3.07. The molecule has 2 rings (SSSR count). The van der Waals surface area contributed by atoms with Gasteiger partial charge in [0.1, 0.15) is 17.6 Å². The largest absolute Gasteiger partial charge is 0.497 e. The Morgan fingerprint density at radius 3 is 2.62 bits per heavy atom. The van der Waals surface area contributed by atoms with Crippen molar-refractivity contribution in [2.75, 3.05) is 12.4 Å². The van der Waals surface area contributed by atoms with E-state index in [0.29, 0.717) is 17.0 Å². The monoisotopic (exact) mass is 286 g/mol. The number of benzene rings is 2. The number of carboxylic acid groups (broad SMARTS) is 1. The smallest absolute Gasteiger partial charge is 0.335 e. The van der Waals surface area contributed by atoms with Crippen molar-refractivity contribution in [1.82, 2.24) is 0 Å². The third kappa shape index (κ3) is 3.09. The number of rotatable bonds is 4. The van der Waals surface area contributed by atoms with Gasteiger partial charge in [-0.05, 0) is 30.3 Å². The molecule has 0 aliphatic carbocycles. The number of anilines is 2. The molecule has 0 heterocycles. The maximum absolute atomic E-state index is 13.9. The van der Waals surface area contributed by atoms with Crippen LogP contribution in [0.2, 0.25) is 0 Å². The molecule has 0 saturated heterocycles. The van der Waals surface area contributed by atoms with Gasteiger partial charge >= 0.3 is 5.97 Å². The molecule has 0 saturated carbocycles. The molecule has 0 spiro atoms. The van der Waals surface area contributed by atoms with E-state index < -0.39 is 11.8 Å². The molecule has 2 aromatic rings. The van der Waals surface area contributed by atoms with Crippen LogP contribution in [0.25, 0.3) is 0 Å². The molecule has 2 N–H and O–H groups in total. The fourth-order valence-corrected chi connectivity index (χ4v) is 1.75. The Kier molecular flexibility index (Phi) is 4.05. The van der Waals surface area contributed by atoms with E-state index in [2.05, 4.69) is 5.32 Å².